The molecule has 158 valence electrons. The Morgan fingerprint density at radius 2 is 1.70 bits per heavy atom. The molecule has 2 amide bonds. The van der Waals surface area contributed by atoms with Crippen molar-refractivity contribution in [2.45, 2.75) is 26.2 Å². The first-order chi connectivity index (χ1) is 14.6. The molecule has 1 saturated heterocycles. The summed E-state index contributed by atoms with van der Waals surface area (Å²) < 4.78 is 5.09. The van der Waals surface area contributed by atoms with Crippen molar-refractivity contribution in [3.8, 4) is 0 Å². The second-order valence-corrected chi connectivity index (χ2v) is 7.20. The summed E-state index contributed by atoms with van der Waals surface area (Å²) in [5.74, 6) is -0.587. The third kappa shape index (κ3) is 5.83. The van der Waals surface area contributed by atoms with E-state index in [4.69, 9.17) is 4.74 Å². The first-order valence-corrected chi connectivity index (χ1v) is 10.3. The van der Waals surface area contributed by atoms with Crippen LogP contribution in [0.2, 0.25) is 0 Å². The lowest BCUT2D eigenvalue weighted by Gasteiger charge is -2.16. The smallest absolute Gasteiger partial charge is 0.338 e. The summed E-state index contributed by atoms with van der Waals surface area (Å²) in [5, 5.41) is 5.82. The van der Waals surface area contributed by atoms with E-state index in [0.29, 0.717) is 23.4 Å². The number of likely N-dealkylation sites (tertiary alicyclic amines) is 1. The molecular formula is C23H27N3O4. The zero-order valence-electron chi connectivity index (χ0n) is 17.1. The van der Waals surface area contributed by atoms with Crippen molar-refractivity contribution < 1.29 is 19.1 Å². The maximum absolute atomic E-state index is 12.5. The molecule has 2 aromatic carbocycles. The molecule has 1 aliphatic rings. The Bertz CT molecular complexity index is 890. The van der Waals surface area contributed by atoms with E-state index in [1.807, 2.05) is 11.8 Å². The molecule has 0 aliphatic carbocycles. The lowest BCUT2D eigenvalue weighted by atomic mass is 10.1. The summed E-state index contributed by atoms with van der Waals surface area (Å²) >= 11 is 0. The fourth-order valence-electron chi connectivity index (χ4n) is 3.22. The molecule has 1 fully saturated rings. The van der Waals surface area contributed by atoms with Crippen LogP contribution < -0.4 is 10.6 Å². The molecule has 0 spiro atoms. The van der Waals surface area contributed by atoms with Gasteiger partial charge >= 0.3 is 5.97 Å². The van der Waals surface area contributed by atoms with Gasteiger partial charge in [0.15, 0.2) is 0 Å². The Kier molecular flexibility index (Phi) is 7.43. The topological polar surface area (TPSA) is 87.7 Å². The molecule has 3 rings (SSSR count). The Labute approximate surface area is 176 Å². The van der Waals surface area contributed by atoms with Crippen LogP contribution >= 0.6 is 0 Å². The highest BCUT2D eigenvalue weighted by Crippen LogP contribution is 2.16. The second-order valence-electron chi connectivity index (χ2n) is 7.20. The normalized spacial score (nSPS) is 13.0. The first kappa shape index (κ1) is 21.4. The van der Waals surface area contributed by atoms with Gasteiger partial charge in [-0.25, -0.2) is 4.79 Å². The van der Waals surface area contributed by atoms with E-state index in [1.165, 1.54) is 0 Å². The van der Waals surface area contributed by atoms with Gasteiger partial charge in [-0.05, 0) is 61.7 Å². The first-order valence-electron chi connectivity index (χ1n) is 10.3. The fourth-order valence-corrected chi connectivity index (χ4v) is 3.22. The molecule has 1 heterocycles. The standard InChI is InChI=1S/C23H27N3O4/c1-2-14-30-23(29)17-8-10-19(11-9-17)24-16-21(27)25-20-7-5-6-18(15-20)22(28)26-12-3-4-13-26/h5-11,15,24H,2-4,12-14,16H2,1H3,(H,25,27). The van der Waals surface area contributed by atoms with Crippen molar-refractivity contribution in [1.29, 1.82) is 0 Å². The lowest BCUT2D eigenvalue weighted by Crippen LogP contribution is -2.27. The monoisotopic (exact) mass is 409 g/mol. The zero-order chi connectivity index (χ0) is 21.3. The summed E-state index contributed by atoms with van der Waals surface area (Å²) in [7, 11) is 0. The minimum atomic E-state index is -0.357. The number of hydrogen-bond donors (Lipinski definition) is 2. The average molecular weight is 409 g/mol. The molecule has 7 heteroatoms. The van der Waals surface area contributed by atoms with E-state index >= 15 is 0 Å². The van der Waals surface area contributed by atoms with Gasteiger partial charge in [0.2, 0.25) is 5.91 Å². The SMILES string of the molecule is CCCOC(=O)c1ccc(NCC(=O)Nc2cccc(C(=O)N3CCCC3)c2)cc1. The molecule has 30 heavy (non-hydrogen) atoms. The van der Waals surface area contributed by atoms with Crippen LogP contribution in [-0.4, -0.2) is 48.9 Å². The van der Waals surface area contributed by atoms with Crippen LogP contribution in [0.15, 0.2) is 48.5 Å². The van der Waals surface area contributed by atoms with Crippen LogP contribution in [0.3, 0.4) is 0 Å². The maximum atomic E-state index is 12.5. The van der Waals surface area contributed by atoms with Gasteiger partial charge in [0.25, 0.3) is 5.91 Å². The number of amides is 2. The van der Waals surface area contributed by atoms with Crippen molar-refractivity contribution in [1.82, 2.24) is 4.90 Å². The summed E-state index contributed by atoms with van der Waals surface area (Å²) in [6, 6.07) is 13.8. The molecule has 2 aromatic rings. The largest absolute Gasteiger partial charge is 0.462 e. The molecule has 0 bridgehead atoms. The quantitative estimate of drug-likeness (QED) is 0.651. The third-order valence-corrected chi connectivity index (χ3v) is 4.80. The highest BCUT2D eigenvalue weighted by molar-refractivity contribution is 5.98. The predicted octanol–water partition coefficient (Wildman–Crippen LogP) is 3.54. The minimum absolute atomic E-state index is 0.000669. The molecule has 0 atom stereocenters. The number of rotatable bonds is 8. The van der Waals surface area contributed by atoms with Gasteiger partial charge in [0.05, 0.1) is 18.7 Å². The van der Waals surface area contributed by atoms with Crippen molar-refractivity contribution in [2.24, 2.45) is 0 Å². The summed E-state index contributed by atoms with van der Waals surface area (Å²) in [6.45, 7) is 3.96. The molecule has 0 aromatic heterocycles. The average Bonchev–Trinajstić information content (AvgIpc) is 3.31. The Balaban J connectivity index is 1.50. The van der Waals surface area contributed by atoms with E-state index < -0.39 is 0 Å². The number of ether oxygens (including phenoxy) is 1. The third-order valence-electron chi connectivity index (χ3n) is 4.80. The number of esters is 1. The van der Waals surface area contributed by atoms with Crippen LogP contribution in [-0.2, 0) is 9.53 Å². The van der Waals surface area contributed by atoms with Crippen LogP contribution in [0, 0.1) is 0 Å². The van der Waals surface area contributed by atoms with E-state index in [-0.39, 0.29) is 24.3 Å². The van der Waals surface area contributed by atoms with Crippen LogP contribution in [0.1, 0.15) is 46.9 Å². The van der Waals surface area contributed by atoms with Crippen molar-refractivity contribution in [3.05, 3.63) is 59.7 Å². The summed E-state index contributed by atoms with van der Waals surface area (Å²) in [4.78, 5) is 38.4. The van der Waals surface area contributed by atoms with E-state index in [1.54, 1.807) is 48.5 Å². The Morgan fingerprint density at radius 3 is 2.40 bits per heavy atom. The molecule has 2 N–H and O–H groups in total. The molecule has 0 saturated carbocycles. The number of hydrogen-bond acceptors (Lipinski definition) is 5. The van der Waals surface area contributed by atoms with Gasteiger partial charge in [-0.3, -0.25) is 9.59 Å². The highest BCUT2D eigenvalue weighted by Gasteiger charge is 2.19. The van der Waals surface area contributed by atoms with Crippen LogP contribution in [0.5, 0.6) is 0 Å². The maximum Gasteiger partial charge on any atom is 0.338 e. The highest BCUT2D eigenvalue weighted by atomic mass is 16.5. The van der Waals surface area contributed by atoms with Crippen molar-refractivity contribution in [3.63, 3.8) is 0 Å². The van der Waals surface area contributed by atoms with Gasteiger partial charge < -0.3 is 20.3 Å². The van der Waals surface area contributed by atoms with Crippen molar-refractivity contribution in [2.75, 3.05) is 36.9 Å². The van der Waals surface area contributed by atoms with Crippen LogP contribution in [0.25, 0.3) is 0 Å². The van der Waals surface area contributed by atoms with E-state index in [0.717, 1.165) is 38.0 Å². The minimum Gasteiger partial charge on any atom is -0.462 e. The van der Waals surface area contributed by atoms with Gasteiger partial charge in [0.1, 0.15) is 0 Å². The van der Waals surface area contributed by atoms with Crippen molar-refractivity contribution >= 4 is 29.2 Å². The molecule has 0 unspecified atom stereocenters. The van der Waals surface area contributed by atoms with E-state index in [9.17, 15) is 14.4 Å². The van der Waals surface area contributed by atoms with Gasteiger partial charge in [-0.2, -0.15) is 0 Å². The number of nitrogens with one attached hydrogen (secondary N) is 2. The zero-order valence-corrected chi connectivity index (χ0v) is 17.1. The molecule has 7 nitrogen and oxygen atoms in total. The van der Waals surface area contributed by atoms with Gasteiger partial charge in [-0.1, -0.05) is 13.0 Å². The fraction of sp³-hybridized carbons (Fsp3) is 0.348. The van der Waals surface area contributed by atoms with Gasteiger partial charge in [0, 0.05) is 30.0 Å². The number of anilines is 2. The van der Waals surface area contributed by atoms with Gasteiger partial charge in [-0.15, -0.1) is 0 Å². The number of carbonyl (C=O) groups excluding carboxylic acids is 3. The number of nitrogens with zero attached hydrogens (tertiary/aromatic N) is 1. The van der Waals surface area contributed by atoms with E-state index in [2.05, 4.69) is 10.6 Å². The number of benzene rings is 2. The van der Waals surface area contributed by atoms with Crippen LogP contribution in [0.4, 0.5) is 11.4 Å². The predicted molar refractivity (Wildman–Crippen MR) is 116 cm³/mol. The second kappa shape index (κ2) is 10.4. The lowest BCUT2D eigenvalue weighted by molar-refractivity contribution is -0.114. The Hall–Kier alpha value is -3.35. The summed E-state index contributed by atoms with van der Waals surface area (Å²) in [6.07, 6.45) is 2.85. The number of carbonyl (C=O) groups is 3. The molecule has 1 aliphatic heterocycles. The molecule has 0 radical (unpaired) electrons. The summed E-state index contributed by atoms with van der Waals surface area (Å²) in [5.41, 5.74) is 2.35. The Morgan fingerprint density at radius 1 is 0.967 bits per heavy atom. The molecular weight excluding hydrogens is 382 g/mol.